The molecule has 2 aliphatic heterocycles. The Labute approximate surface area is 141 Å². The molecular formula is C18H23N5O. The lowest BCUT2D eigenvalue weighted by Crippen LogP contribution is -2.46. The van der Waals surface area contributed by atoms with Crippen molar-refractivity contribution in [3.63, 3.8) is 0 Å². The van der Waals surface area contributed by atoms with E-state index < -0.39 is 0 Å². The summed E-state index contributed by atoms with van der Waals surface area (Å²) in [5.74, 6) is 2.04. The average Bonchev–Trinajstić information content (AvgIpc) is 2.98. The van der Waals surface area contributed by atoms with Crippen molar-refractivity contribution < 1.29 is 4.79 Å². The van der Waals surface area contributed by atoms with E-state index in [4.69, 9.17) is 0 Å². The zero-order chi connectivity index (χ0) is 16.5. The number of hydrogen-bond donors (Lipinski definition) is 1. The molecule has 0 unspecified atom stereocenters. The van der Waals surface area contributed by atoms with Gasteiger partial charge in [0.15, 0.2) is 0 Å². The minimum atomic E-state index is 0.155. The fourth-order valence-electron chi connectivity index (χ4n) is 3.72. The number of benzene rings is 1. The van der Waals surface area contributed by atoms with E-state index in [9.17, 15) is 4.79 Å². The Kier molecular flexibility index (Phi) is 4.06. The van der Waals surface area contributed by atoms with Gasteiger partial charge < -0.3 is 10.2 Å². The maximum Gasteiger partial charge on any atom is 0.240 e. The predicted octanol–water partition coefficient (Wildman–Crippen LogP) is 1.47. The van der Waals surface area contributed by atoms with Gasteiger partial charge in [-0.3, -0.25) is 4.79 Å². The molecule has 1 aromatic heterocycles. The Morgan fingerprint density at radius 1 is 1.33 bits per heavy atom. The molecule has 2 aliphatic rings. The zero-order valence-corrected chi connectivity index (χ0v) is 14.0. The van der Waals surface area contributed by atoms with Gasteiger partial charge in [0, 0.05) is 24.7 Å². The molecule has 0 spiro atoms. The Morgan fingerprint density at radius 3 is 3.12 bits per heavy atom. The van der Waals surface area contributed by atoms with Crippen molar-refractivity contribution in [3.05, 3.63) is 41.5 Å². The normalized spacial score (nSPS) is 19.7. The van der Waals surface area contributed by atoms with E-state index in [1.807, 2.05) is 28.6 Å². The Hall–Kier alpha value is -2.21. The fraction of sp³-hybridized carbons (Fsp3) is 0.500. The van der Waals surface area contributed by atoms with Crippen LogP contribution in [0.3, 0.4) is 0 Å². The lowest BCUT2D eigenvalue weighted by Gasteiger charge is -2.30. The highest BCUT2D eigenvalue weighted by atomic mass is 16.2. The number of anilines is 1. The number of fused-ring (bicyclic) bond motifs is 2. The van der Waals surface area contributed by atoms with Gasteiger partial charge in [-0.05, 0) is 37.8 Å². The molecule has 0 saturated carbocycles. The minimum absolute atomic E-state index is 0.155. The fourth-order valence-corrected chi connectivity index (χ4v) is 3.72. The van der Waals surface area contributed by atoms with Crippen LogP contribution in [-0.2, 0) is 24.2 Å². The average molecular weight is 325 g/mol. The molecule has 1 amide bonds. The van der Waals surface area contributed by atoms with Crippen LogP contribution >= 0.6 is 0 Å². The number of nitrogens with zero attached hydrogens (tertiary/aromatic N) is 4. The highest BCUT2D eigenvalue weighted by molar-refractivity contribution is 5.95. The third kappa shape index (κ3) is 2.94. The number of carbonyl (C=O) groups excluding carboxylic acids is 1. The second-order valence-corrected chi connectivity index (χ2v) is 6.65. The summed E-state index contributed by atoms with van der Waals surface area (Å²) in [6, 6.07) is 8.51. The number of hydrogen-bond acceptors (Lipinski definition) is 4. The van der Waals surface area contributed by atoms with Crippen molar-refractivity contribution in [3.8, 4) is 0 Å². The van der Waals surface area contributed by atoms with Gasteiger partial charge in [-0.2, -0.15) is 5.10 Å². The maximum absolute atomic E-state index is 12.7. The summed E-state index contributed by atoms with van der Waals surface area (Å²) in [6.45, 7) is 3.90. The molecule has 1 atom stereocenters. The van der Waals surface area contributed by atoms with Crippen molar-refractivity contribution in [1.82, 2.24) is 20.1 Å². The first-order chi connectivity index (χ1) is 11.7. The monoisotopic (exact) mass is 325 g/mol. The summed E-state index contributed by atoms with van der Waals surface area (Å²) >= 11 is 0. The standard InChI is InChI=1S/C18H23N5O/c1-13-20-17-9-8-15(12-23(17)21-13)19-11-18(24)22-10-4-6-14-5-2-3-7-16(14)22/h2-3,5,7,15,19H,4,6,8-12H2,1H3/t15-/m0/s1. The molecule has 1 aromatic carbocycles. The van der Waals surface area contributed by atoms with Crippen LogP contribution < -0.4 is 10.2 Å². The van der Waals surface area contributed by atoms with Crippen molar-refractivity contribution in [2.24, 2.45) is 0 Å². The molecule has 4 rings (SSSR count). The SMILES string of the molecule is Cc1nc2n(n1)C[C@@H](NCC(=O)N1CCCc3ccccc31)CC2. The summed E-state index contributed by atoms with van der Waals surface area (Å²) in [5.41, 5.74) is 2.35. The summed E-state index contributed by atoms with van der Waals surface area (Å²) < 4.78 is 1.97. The number of nitrogens with one attached hydrogen (secondary N) is 1. The van der Waals surface area contributed by atoms with Crippen LogP contribution in [0.15, 0.2) is 24.3 Å². The molecule has 0 fully saturated rings. The summed E-state index contributed by atoms with van der Waals surface area (Å²) in [6.07, 6.45) is 4.01. The Balaban J connectivity index is 1.38. The number of aromatic nitrogens is 3. The van der Waals surface area contributed by atoms with Crippen molar-refractivity contribution in [2.45, 2.75) is 45.2 Å². The lowest BCUT2D eigenvalue weighted by atomic mass is 10.0. The Bertz CT molecular complexity index is 754. The molecule has 24 heavy (non-hydrogen) atoms. The van der Waals surface area contributed by atoms with Gasteiger partial charge in [-0.25, -0.2) is 9.67 Å². The molecule has 0 aliphatic carbocycles. The van der Waals surface area contributed by atoms with Gasteiger partial charge in [-0.15, -0.1) is 0 Å². The van der Waals surface area contributed by atoms with Crippen LogP contribution in [0.1, 0.15) is 30.1 Å². The third-order valence-electron chi connectivity index (χ3n) is 4.92. The molecule has 0 bridgehead atoms. The van der Waals surface area contributed by atoms with E-state index >= 15 is 0 Å². The van der Waals surface area contributed by atoms with Gasteiger partial charge in [0.25, 0.3) is 0 Å². The van der Waals surface area contributed by atoms with E-state index in [-0.39, 0.29) is 11.9 Å². The van der Waals surface area contributed by atoms with E-state index in [1.165, 1.54) is 5.56 Å². The van der Waals surface area contributed by atoms with Gasteiger partial charge in [-0.1, -0.05) is 18.2 Å². The highest BCUT2D eigenvalue weighted by Gasteiger charge is 2.24. The first kappa shape index (κ1) is 15.3. The van der Waals surface area contributed by atoms with E-state index in [0.717, 1.165) is 56.1 Å². The molecule has 6 nitrogen and oxygen atoms in total. The number of carbonyl (C=O) groups is 1. The van der Waals surface area contributed by atoms with Crippen molar-refractivity contribution in [1.29, 1.82) is 0 Å². The first-order valence-corrected chi connectivity index (χ1v) is 8.72. The van der Waals surface area contributed by atoms with Crippen molar-refractivity contribution in [2.75, 3.05) is 18.0 Å². The Morgan fingerprint density at radius 2 is 2.21 bits per heavy atom. The van der Waals surface area contributed by atoms with Gasteiger partial charge in [0.05, 0.1) is 13.1 Å². The van der Waals surface area contributed by atoms with Gasteiger partial charge >= 0.3 is 0 Å². The van der Waals surface area contributed by atoms with Crippen LogP contribution in [0.4, 0.5) is 5.69 Å². The molecule has 1 N–H and O–H groups in total. The molecule has 2 aromatic rings. The highest BCUT2D eigenvalue weighted by Crippen LogP contribution is 2.26. The minimum Gasteiger partial charge on any atom is -0.311 e. The van der Waals surface area contributed by atoms with Gasteiger partial charge in [0.2, 0.25) is 5.91 Å². The molecular weight excluding hydrogens is 302 g/mol. The largest absolute Gasteiger partial charge is 0.311 e. The molecule has 0 saturated heterocycles. The molecule has 0 radical (unpaired) electrons. The van der Waals surface area contributed by atoms with Crippen LogP contribution in [0.2, 0.25) is 0 Å². The zero-order valence-electron chi connectivity index (χ0n) is 14.0. The van der Waals surface area contributed by atoms with Gasteiger partial charge in [0.1, 0.15) is 11.6 Å². The quantitative estimate of drug-likeness (QED) is 0.928. The number of amides is 1. The van der Waals surface area contributed by atoms with Crippen LogP contribution in [0, 0.1) is 6.92 Å². The second-order valence-electron chi connectivity index (χ2n) is 6.65. The molecule has 126 valence electrons. The maximum atomic E-state index is 12.7. The van der Waals surface area contributed by atoms with Crippen LogP contribution in [0.25, 0.3) is 0 Å². The van der Waals surface area contributed by atoms with Crippen LogP contribution in [0.5, 0.6) is 0 Å². The van der Waals surface area contributed by atoms with Crippen molar-refractivity contribution >= 4 is 11.6 Å². The smallest absolute Gasteiger partial charge is 0.240 e. The topological polar surface area (TPSA) is 63.1 Å². The number of para-hydroxylation sites is 1. The van der Waals surface area contributed by atoms with E-state index in [1.54, 1.807) is 0 Å². The lowest BCUT2D eigenvalue weighted by molar-refractivity contribution is -0.118. The van der Waals surface area contributed by atoms with Crippen LogP contribution in [-0.4, -0.2) is 39.8 Å². The summed E-state index contributed by atoms with van der Waals surface area (Å²) in [7, 11) is 0. The summed E-state index contributed by atoms with van der Waals surface area (Å²) in [4.78, 5) is 19.0. The first-order valence-electron chi connectivity index (χ1n) is 8.72. The van der Waals surface area contributed by atoms with E-state index in [0.29, 0.717) is 6.54 Å². The predicted molar refractivity (Wildman–Crippen MR) is 92.0 cm³/mol. The summed E-state index contributed by atoms with van der Waals surface area (Å²) in [5, 5.41) is 7.84. The number of rotatable bonds is 3. The second kappa shape index (κ2) is 6.36. The molecule has 3 heterocycles. The molecule has 6 heteroatoms. The van der Waals surface area contributed by atoms with E-state index in [2.05, 4.69) is 27.5 Å². The number of aryl methyl sites for hydroxylation is 3. The third-order valence-corrected chi connectivity index (χ3v) is 4.92.